The summed E-state index contributed by atoms with van der Waals surface area (Å²) < 4.78 is 10.0. The second-order valence-corrected chi connectivity index (χ2v) is 6.01. The minimum Gasteiger partial charge on any atom is -0.462 e. The van der Waals surface area contributed by atoms with E-state index in [-0.39, 0.29) is 24.9 Å². The van der Waals surface area contributed by atoms with E-state index >= 15 is 0 Å². The summed E-state index contributed by atoms with van der Waals surface area (Å²) in [5.41, 5.74) is 1.98. The number of nitrogens with zero attached hydrogens (tertiary/aromatic N) is 1. The molecule has 7 heteroatoms. The number of carbonyl (C=O) groups is 2. The van der Waals surface area contributed by atoms with Gasteiger partial charge in [0, 0.05) is 4.88 Å². The first-order valence-electron chi connectivity index (χ1n) is 7.57. The lowest BCUT2D eigenvalue weighted by atomic mass is 10.1. The number of rotatable bonds is 6. The van der Waals surface area contributed by atoms with Crippen LogP contribution in [0, 0.1) is 6.92 Å². The maximum Gasteiger partial charge on any atom is 0.356 e. The molecule has 0 saturated heterocycles. The van der Waals surface area contributed by atoms with Gasteiger partial charge in [-0.3, -0.25) is 0 Å². The molecule has 1 N–H and O–H groups in total. The molecule has 0 radical (unpaired) electrons. The smallest absolute Gasteiger partial charge is 0.356 e. The van der Waals surface area contributed by atoms with Crippen molar-refractivity contribution in [3.05, 3.63) is 40.0 Å². The summed E-state index contributed by atoms with van der Waals surface area (Å²) in [7, 11) is 0. The standard InChI is InChI=1S/C17H19NO5S/c1-4-22-16(20)13-8-11(7-12(9-19)18-13)14-6-10(3)15(24-14)17(21)23-5-2/h6-8,19H,4-5,9H2,1-3H3. The highest BCUT2D eigenvalue weighted by Gasteiger charge is 2.18. The van der Waals surface area contributed by atoms with Crippen LogP contribution >= 0.6 is 11.3 Å². The van der Waals surface area contributed by atoms with Crippen LogP contribution in [0.1, 0.15) is 45.3 Å². The van der Waals surface area contributed by atoms with Crippen molar-refractivity contribution in [1.29, 1.82) is 0 Å². The van der Waals surface area contributed by atoms with Crippen molar-refractivity contribution in [1.82, 2.24) is 4.98 Å². The monoisotopic (exact) mass is 349 g/mol. The molecule has 0 unspecified atom stereocenters. The first-order chi connectivity index (χ1) is 11.5. The van der Waals surface area contributed by atoms with E-state index in [1.54, 1.807) is 26.0 Å². The van der Waals surface area contributed by atoms with Crippen molar-refractivity contribution in [3.63, 3.8) is 0 Å². The van der Waals surface area contributed by atoms with Crippen molar-refractivity contribution >= 4 is 23.3 Å². The van der Waals surface area contributed by atoms with Gasteiger partial charge in [0.2, 0.25) is 0 Å². The molecule has 6 nitrogen and oxygen atoms in total. The second-order valence-electron chi connectivity index (χ2n) is 4.95. The summed E-state index contributed by atoms with van der Waals surface area (Å²) in [6.07, 6.45) is 0. The Kier molecular flexibility index (Phi) is 6.05. The summed E-state index contributed by atoms with van der Waals surface area (Å²) >= 11 is 1.28. The molecule has 0 bridgehead atoms. The van der Waals surface area contributed by atoms with Crippen LogP contribution in [0.4, 0.5) is 0 Å². The molecule has 2 aromatic heterocycles. The van der Waals surface area contributed by atoms with Crippen molar-refractivity contribution in [2.75, 3.05) is 13.2 Å². The van der Waals surface area contributed by atoms with E-state index in [4.69, 9.17) is 9.47 Å². The highest BCUT2D eigenvalue weighted by Crippen LogP contribution is 2.32. The lowest BCUT2D eigenvalue weighted by Crippen LogP contribution is -2.08. The van der Waals surface area contributed by atoms with E-state index in [1.807, 2.05) is 13.0 Å². The molecule has 128 valence electrons. The molecule has 0 amide bonds. The van der Waals surface area contributed by atoms with Crippen LogP contribution in [-0.2, 0) is 16.1 Å². The van der Waals surface area contributed by atoms with Gasteiger partial charge in [-0.15, -0.1) is 11.3 Å². The van der Waals surface area contributed by atoms with Crippen molar-refractivity contribution in [2.24, 2.45) is 0 Å². The first kappa shape index (κ1) is 18.1. The number of hydrogen-bond donors (Lipinski definition) is 1. The van der Waals surface area contributed by atoms with Gasteiger partial charge in [-0.25, -0.2) is 14.6 Å². The van der Waals surface area contributed by atoms with Gasteiger partial charge in [0.15, 0.2) is 0 Å². The molecule has 0 aliphatic heterocycles. The van der Waals surface area contributed by atoms with E-state index in [1.165, 1.54) is 11.3 Å². The quantitative estimate of drug-likeness (QED) is 0.807. The molecule has 0 fully saturated rings. The number of aromatic nitrogens is 1. The zero-order chi connectivity index (χ0) is 17.7. The predicted octanol–water partition coefficient (Wildman–Crippen LogP) is 2.96. The molecule has 0 aliphatic rings. The van der Waals surface area contributed by atoms with Crippen molar-refractivity contribution in [3.8, 4) is 10.4 Å². The maximum absolute atomic E-state index is 12.0. The number of aliphatic hydroxyl groups is 1. The molecule has 2 rings (SSSR count). The van der Waals surface area contributed by atoms with Crippen LogP contribution in [0.25, 0.3) is 10.4 Å². The van der Waals surface area contributed by atoms with Gasteiger partial charge in [0.05, 0.1) is 25.5 Å². The predicted molar refractivity (Wildman–Crippen MR) is 90.1 cm³/mol. The van der Waals surface area contributed by atoms with Gasteiger partial charge >= 0.3 is 11.9 Å². The molecule has 0 saturated carbocycles. The van der Waals surface area contributed by atoms with Gasteiger partial charge in [-0.05, 0) is 50.1 Å². The Morgan fingerprint density at radius 1 is 1.12 bits per heavy atom. The second kappa shape index (κ2) is 8.03. The van der Waals surface area contributed by atoms with Crippen LogP contribution < -0.4 is 0 Å². The number of pyridine rings is 1. The van der Waals surface area contributed by atoms with Gasteiger partial charge in [-0.2, -0.15) is 0 Å². The first-order valence-corrected chi connectivity index (χ1v) is 8.38. The Morgan fingerprint density at radius 2 is 1.79 bits per heavy atom. The van der Waals surface area contributed by atoms with Crippen LogP contribution in [0.3, 0.4) is 0 Å². The van der Waals surface area contributed by atoms with E-state index in [9.17, 15) is 14.7 Å². The zero-order valence-electron chi connectivity index (χ0n) is 13.8. The molecule has 0 spiro atoms. The van der Waals surface area contributed by atoms with Crippen LogP contribution in [0.15, 0.2) is 18.2 Å². The van der Waals surface area contributed by atoms with Gasteiger partial charge in [0.25, 0.3) is 0 Å². The lowest BCUT2D eigenvalue weighted by molar-refractivity contribution is 0.0513. The third-order valence-corrected chi connectivity index (χ3v) is 4.45. The van der Waals surface area contributed by atoms with E-state index in [0.29, 0.717) is 22.7 Å². The Balaban J connectivity index is 2.44. The van der Waals surface area contributed by atoms with Crippen LogP contribution in [0.5, 0.6) is 0 Å². The largest absolute Gasteiger partial charge is 0.462 e. The Bertz CT molecular complexity index is 753. The highest BCUT2D eigenvalue weighted by molar-refractivity contribution is 7.17. The number of aliphatic hydroxyl groups excluding tert-OH is 1. The van der Waals surface area contributed by atoms with E-state index < -0.39 is 5.97 Å². The number of ether oxygens (including phenoxy) is 2. The number of aryl methyl sites for hydroxylation is 1. The normalized spacial score (nSPS) is 10.5. The Morgan fingerprint density at radius 3 is 2.42 bits per heavy atom. The third-order valence-electron chi connectivity index (χ3n) is 3.19. The molecule has 2 heterocycles. The lowest BCUT2D eigenvalue weighted by Gasteiger charge is -2.06. The summed E-state index contributed by atoms with van der Waals surface area (Å²) in [5.74, 6) is -0.916. The molecular formula is C17H19NO5S. The molecule has 0 aromatic carbocycles. The maximum atomic E-state index is 12.0. The summed E-state index contributed by atoms with van der Waals surface area (Å²) in [4.78, 5) is 29.3. The molecule has 0 aliphatic carbocycles. The highest BCUT2D eigenvalue weighted by atomic mass is 32.1. The fraction of sp³-hybridized carbons (Fsp3) is 0.353. The van der Waals surface area contributed by atoms with Gasteiger partial charge in [-0.1, -0.05) is 0 Å². The summed E-state index contributed by atoms with van der Waals surface area (Å²) in [6, 6.07) is 5.13. The third kappa shape index (κ3) is 3.98. The summed E-state index contributed by atoms with van der Waals surface area (Å²) in [6.45, 7) is 5.54. The van der Waals surface area contributed by atoms with Crippen LogP contribution in [-0.4, -0.2) is 35.2 Å². The zero-order valence-corrected chi connectivity index (χ0v) is 14.6. The van der Waals surface area contributed by atoms with E-state index in [0.717, 1.165) is 10.4 Å². The number of esters is 2. The van der Waals surface area contributed by atoms with Crippen LogP contribution in [0.2, 0.25) is 0 Å². The minimum absolute atomic E-state index is 0.127. The fourth-order valence-electron chi connectivity index (χ4n) is 2.14. The minimum atomic E-state index is -0.548. The Hall–Kier alpha value is -2.25. The fourth-order valence-corrected chi connectivity index (χ4v) is 3.20. The molecule has 24 heavy (non-hydrogen) atoms. The number of carbonyl (C=O) groups excluding carboxylic acids is 2. The average molecular weight is 349 g/mol. The molecule has 0 atom stereocenters. The Labute approximate surface area is 144 Å². The number of thiophene rings is 1. The van der Waals surface area contributed by atoms with E-state index in [2.05, 4.69) is 4.98 Å². The van der Waals surface area contributed by atoms with Gasteiger partial charge in [0.1, 0.15) is 10.6 Å². The van der Waals surface area contributed by atoms with Gasteiger partial charge < -0.3 is 14.6 Å². The average Bonchev–Trinajstić information content (AvgIpc) is 2.97. The molecule has 2 aromatic rings. The number of hydrogen-bond acceptors (Lipinski definition) is 7. The van der Waals surface area contributed by atoms with Crippen molar-refractivity contribution in [2.45, 2.75) is 27.4 Å². The van der Waals surface area contributed by atoms with Crippen molar-refractivity contribution < 1.29 is 24.2 Å². The molecular weight excluding hydrogens is 330 g/mol. The topological polar surface area (TPSA) is 85.7 Å². The SMILES string of the molecule is CCOC(=O)c1cc(-c2cc(C)c(C(=O)OCC)s2)cc(CO)n1. The summed E-state index contributed by atoms with van der Waals surface area (Å²) in [5, 5.41) is 9.38.